The first-order valence-electron chi connectivity index (χ1n) is 3.85. The topological polar surface area (TPSA) is 40.5 Å². The van der Waals surface area contributed by atoms with Gasteiger partial charge in [-0.15, -0.1) is 0 Å². The van der Waals surface area contributed by atoms with E-state index in [1.807, 2.05) is 39.3 Å². The summed E-state index contributed by atoms with van der Waals surface area (Å²) >= 11 is 0. The lowest BCUT2D eigenvalue weighted by molar-refractivity contribution is 0.487. The summed E-state index contributed by atoms with van der Waals surface area (Å²) in [7, 11) is -3.47. The molecule has 0 heterocycles. The Labute approximate surface area is 71.9 Å². The molecule has 0 fully saturated rings. The van der Waals surface area contributed by atoms with Crippen molar-refractivity contribution in [1.29, 1.82) is 0 Å². The first-order chi connectivity index (χ1) is 4.50. The van der Waals surface area contributed by atoms with Gasteiger partial charge < -0.3 is 0 Å². The molecule has 5 heteroatoms. The summed E-state index contributed by atoms with van der Waals surface area (Å²) < 4.78 is 0. The first kappa shape index (κ1) is 11.8. The molecule has 0 bridgehead atoms. The zero-order chi connectivity index (χ0) is 9.50. The summed E-state index contributed by atoms with van der Waals surface area (Å²) in [6, 6.07) is 0. The second-order valence-electron chi connectivity index (χ2n) is 4.94. The smallest absolute Gasteiger partial charge is 0.249 e. The highest BCUT2D eigenvalue weighted by Crippen LogP contribution is 2.66. The standard InChI is InChI=1S/C6H20O2PSi2/c1-10(2,3)9(7,8)11(4,5)6/h7-8H,1-6H3/q+1. The van der Waals surface area contributed by atoms with Crippen LogP contribution in [-0.2, 0) is 0 Å². The van der Waals surface area contributed by atoms with Gasteiger partial charge in [0.05, 0.1) is 0 Å². The molecule has 0 aromatic heterocycles. The van der Waals surface area contributed by atoms with Crippen LogP contribution in [-0.4, -0.2) is 25.3 Å². The molecule has 0 aromatic rings. The molecule has 0 saturated heterocycles. The molecule has 0 atom stereocenters. The van der Waals surface area contributed by atoms with Crippen LogP contribution in [0.4, 0.5) is 0 Å². The molecule has 0 spiro atoms. The average molecular weight is 211 g/mol. The van der Waals surface area contributed by atoms with Gasteiger partial charge in [0.2, 0.25) is 0 Å². The molecule has 0 aliphatic rings. The van der Waals surface area contributed by atoms with Crippen molar-refractivity contribution in [3.05, 3.63) is 0 Å². The maximum absolute atomic E-state index is 9.98. The fourth-order valence-corrected chi connectivity index (χ4v) is 27.2. The van der Waals surface area contributed by atoms with Gasteiger partial charge in [-0.05, 0) is 39.3 Å². The highest BCUT2D eigenvalue weighted by molar-refractivity contribution is 8.23. The minimum atomic E-state index is -2.53. The van der Waals surface area contributed by atoms with Gasteiger partial charge in [-0.2, -0.15) is 0 Å². The summed E-state index contributed by atoms with van der Waals surface area (Å²) in [5.41, 5.74) is 0. The summed E-state index contributed by atoms with van der Waals surface area (Å²) in [5, 5.41) is 0. The van der Waals surface area contributed by atoms with Crippen LogP contribution in [0.2, 0.25) is 39.3 Å². The van der Waals surface area contributed by atoms with E-state index in [2.05, 4.69) is 0 Å². The molecule has 0 aliphatic heterocycles. The van der Waals surface area contributed by atoms with Gasteiger partial charge in [0.25, 0.3) is 15.5 Å². The molecule has 0 unspecified atom stereocenters. The van der Waals surface area contributed by atoms with Crippen molar-refractivity contribution in [1.82, 2.24) is 0 Å². The van der Waals surface area contributed by atoms with Gasteiger partial charge in [0.15, 0.2) is 6.81 Å². The molecular weight excluding hydrogens is 191 g/mol. The van der Waals surface area contributed by atoms with E-state index >= 15 is 0 Å². The van der Waals surface area contributed by atoms with E-state index in [4.69, 9.17) is 0 Å². The molecule has 0 radical (unpaired) electrons. The Bertz CT molecular complexity index is 130. The van der Waals surface area contributed by atoms with E-state index < -0.39 is 22.3 Å². The zero-order valence-corrected chi connectivity index (χ0v) is 11.2. The monoisotopic (exact) mass is 211 g/mol. The molecule has 0 aromatic carbocycles. The van der Waals surface area contributed by atoms with Crippen molar-refractivity contribution in [3.63, 3.8) is 0 Å². The highest BCUT2D eigenvalue weighted by Gasteiger charge is 2.60. The Hall–Kier alpha value is 0.784. The van der Waals surface area contributed by atoms with Crippen LogP contribution < -0.4 is 0 Å². The summed E-state index contributed by atoms with van der Waals surface area (Å²) in [6.45, 7) is 9.71. The SMILES string of the molecule is C[Si](C)(C)[P+](O)(O)[Si](C)(C)C. The Morgan fingerprint density at radius 2 is 0.909 bits per heavy atom. The number of rotatable bonds is 2. The summed E-state index contributed by atoms with van der Waals surface area (Å²) in [6.07, 6.45) is 0. The third-order valence-electron chi connectivity index (χ3n) is 1.87. The van der Waals surface area contributed by atoms with Crippen LogP contribution in [0, 0.1) is 0 Å². The largest absolute Gasteiger partial charge is 0.270 e. The van der Waals surface area contributed by atoms with Gasteiger partial charge >= 0.3 is 0 Å². The lowest BCUT2D eigenvalue weighted by Crippen LogP contribution is -2.39. The van der Waals surface area contributed by atoms with Crippen LogP contribution >= 0.6 is 6.81 Å². The Morgan fingerprint density at radius 1 is 0.727 bits per heavy atom. The Balaban J connectivity index is 4.75. The second kappa shape index (κ2) is 2.93. The maximum Gasteiger partial charge on any atom is 0.270 e. The van der Waals surface area contributed by atoms with Crippen molar-refractivity contribution < 1.29 is 9.79 Å². The Morgan fingerprint density at radius 3 is 0.909 bits per heavy atom. The average Bonchev–Trinajstić information content (AvgIpc) is 1.58. The molecular formula is C6H20O2PSi2+. The normalized spacial score (nSPS) is 15.3. The van der Waals surface area contributed by atoms with Crippen molar-refractivity contribution in [3.8, 4) is 0 Å². The number of hydrogen-bond donors (Lipinski definition) is 2. The number of hydrogen-bond acceptors (Lipinski definition) is 2. The Kier molecular flexibility index (Phi) is 3.13. The van der Waals surface area contributed by atoms with Gasteiger partial charge in [-0.1, -0.05) is 0 Å². The third kappa shape index (κ3) is 2.36. The highest BCUT2D eigenvalue weighted by atomic mass is 31.7. The fraction of sp³-hybridized carbons (Fsp3) is 1.00. The summed E-state index contributed by atoms with van der Waals surface area (Å²) in [4.78, 5) is 20.0. The van der Waals surface area contributed by atoms with Gasteiger partial charge in [0, 0.05) is 0 Å². The van der Waals surface area contributed by atoms with Gasteiger partial charge in [-0.25, -0.2) is 9.79 Å². The zero-order valence-electron chi connectivity index (χ0n) is 8.34. The van der Waals surface area contributed by atoms with Crippen molar-refractivity contribution in [2.75, 3.05) is 0 Å². The molecule has 2 N–H and O–H groups in total. The maximum atomic E-state index is 9.98. The lowest BCUT2D eigenvalue weighted by Gasteiger charge is -2.32. The lowest BCUT2D eigenvalue weighted by atomic mass is 11.8. The van der Waals surface area contributed by atoms with Gasteiger partial charge in [-0.3, -0.25) is 0 Å². The van der Waals surface area contributed by atoms with Crippen LogP contribution in [0.15, 0.2) is 0 Å². The minimum absolute atomic E-state index is 1.74. The minimum Gasteiger partial charge on any atom is -0.249 e. The molecule has 68 valence electrons. The quantitative estimate of drug-likeness (QED) is 0.544. The first-order valence-corrected chi connectivity index (χ1v) is 14.2. The van der Waals surface area contributed by atoms with E-state index in [9.17, 15) is 9.79 Å². The van der Waals surface area contributed by atoms with Crippen LogP contribution in [0.25, 0.3) is 0 Å². The molecule has 0 saturated carbocycles. The van der Waals surface area contributed by atoms with E-state index in [1.165, 1.54) is 0 Å². The molecule has 0 amide bonds. The van der Waals surface area contributed by atoms with Crippen molar-refractivity contribution >= 4 is 22.3 Å². The molecule has 11 heavy (non-hydrogen) atoms. The molecule has 0 rings (SSSR count). The predicted octanol–water partition coefficient (Wildman–Crippen LogP) is 2.49. The van der Waals surface area contributed by atoms with Crippen molar-refractivity contribution in [2.45, 2.75) is 39.3 Å². The third-order valence-corrected chi connectivity index (χ3v) is 28.9. The van der Waals surface area contributed by atoms with Crippen LogP contribution in [0.1, 0.15) is 0 Å². The van der Waals surface area contributed by atoms with E-state index in [-0.39, 0.29) is 0 Å². The van der Waals surface area contributed by atoms with Crippen LogP contribution in [0.5, 0.6) is 0 Å². The van der Waals surface area contributed by atoms with Crippen molar-refractivity contribution in [2.24, 2.45) is 0 Å². The molecule has 0 aliphatic carbocycles. The molecule has 2 nitrogen and oxygen atoms in total. The predicted molar refractivity (Wildman–Crippen MR) is 58.0 cm³/mol. The second-order valence-corrected chi connectivity index (χ2v) is 28.0. The van der Waals surface area contributed by atoms with E-state index in [0.717, 1.165) is 0 Å². The summed E-state index contributed by atoms with van der Waals surface area (Å²) in [5.74, 6) is 0. The van der Waals surface area contributed by atoms with Crippen LogP contribution in [0.3, 0.4) is 0 Å². The van der Waals surface area contributed by atoms with E-state index in [1.54, 1.807) is 0 Å². The fourth-order valence-electron chi connectivity index (χ4n) is 1.01. The van der Waals surface area contributed by atoms with E-state index in [0.29, 0.717) is 0 Å². The van der Waals surface area contributed by atoms with Gasteiger partial charge in [0.1, 0.15) is 0 Å².